The lowest BCUT2D eigenvalue weighted by molar-refractivity contribution is 0.415. The van der Waals surface area contributed by atoms with Crippen molar-refractivity contribution in [3.63, 3.8) is 0 Å². The van der Waals surface area contributed by atoms with Crippen molar-refractivity contribution in [1.82, 2.24) is 0 Å². The van der Waals surface area contributed by atoms with Gasteiger partial charge in [0.15, 0.2) is 0 Å². The van der Waals surface area contributed by atoms with Gasteiger partial charge in [0.25, 0.3) is 0 Å². The van der Waals surface area contributed by atoms with Crippen LogP contribution in [-0.2, 0) is 0 Å². The Kier molecular flexibility index (Phi) is 5.17. The minimum Gasteiger partial charge on any atom is -0.497 e. The number of hydrogen-bond acceptors (Lipinski definition) is 2. The molecule has 90 valence electrons. The molecule has 0 bridgehead atoms. The van der Waals surface area contributed by atoms with Crippen LogP contribution in [0.3, 0.4) is 0 Å². The molecule has 1 atom stereocenters. The molecule has 0 unspecified atom stereocenters. The molecule has 1 N–H and O–H groups in total. The third-order valence-electron chi connectivity index (χ3n) is 2.66. The highest BCUT2D eigenvalue weighted by molar-refractivity contribution is 5.48. The molecule has 1 aromatic rings. The van der Waals surface area contributed by atoms with Crippen molar-refractivity contribution < 1.29 is 4.74 Å². The molecule has 0 aliphatic carbocycles. The molecule has 0 aliphatic heterocycles. The monoisotopic (exact) mass is 221 g/mol. The van der Waals surface area contributed by atoms with Crippen LogP contribution in [0.1, 0.15) is 33.6 Å². The number of hydrogen-bond donors (Lipinski definition) is 1. The molecule has 1 aromatic carbocycles. The second kappa shape index (κ2) is 6.41. The Morgan fingerprint density at radius 3 is 2.56 bits per heavy atom. The average Bonchev–Trinajstić information content (AvgIpc) is 2.26. The summed E-state index contributed by atoms with van der Waals surface area (Å²) in [7, 11) is 1.70. The quantitative estimate of drug-likeness (QED) is 0.785. The maximum atomic E-state index is 5.19. The van der Waals surface area contributed by atoms with E-state index in [0.29, 0.717) is 6.04 Å². The van der Waals surface area contributed by atoms with Crippen LogP contribution in [0.2, 0.25) is 0 Å². The predicted molar refractivity (Wildman–Crippen MR) is 70.2 cm³/mol. The second-order valence-electron chi connectivity index (χ2n) is 4.75. The van der Waals surface area contributed by atoms with E-state index < -0.39 is 0 Å². The van der Waals surface area contributed by atoms with Gasteiger partial charge in [0.1, 0.15) is 5.75 Å². The van der Waals surface area contributed by atoms with Crippen molar-refractivity contribution >= 4 is 5.69 Å². The lowest BCUT2D eigenvalue weighted by Crippen LogP contribution is -2.15. The first-order chi connectivity index (χ1) is 7.61. The standard InChI is InChI=1S/C14H23NO/c1-11(2)8-9-12(3)15-13-6-5-7-14(10-13)16-4/h5-7,10-12,15H,8-9H2,1-4H3/t12-/m1/s1. The third kappa shape index (κ3) is 4.56. The van der Waals surface area contributed by atoms with E-state index in [9.17, 15) is 0 Å². The molecule has 0 saturated carbocycles. The summed E-state index contributed by atoms with van der Waals surface area (Å²) in [5, 5.41) is 3.49. The number of anilines is 1. The molecule has 0 aromatic heterocycles. The van der Waals surface area contributed by atoms with Crippen molar-refractivity contribution in [2.45, 2.75) is 39.7 Å². The zero-order valence-electron chi connectivity index (χ0n) is 10.8. The van der Waals surface area contributed by atoms with Crippen molar-refractivity contribution in [1.29, 1.82) is 0 Å². The molecule has 0 aliphatic rings. The molecule has 0 spiro atoms. The van der Waals surface area contributed by atoms with Gasteiger partial charge in [-0.05, 0) is 37.8 Å². The molecule has 2 heteroatoms. The third-order valence-corrected chi connectivity index (χ3v) is 2.66. The summed E-state index contributed by atoms with van der Waals surface area (Å²) in [6.07, 6.45) is 2.47. The van der Waals surface area contributed by atoms with Crippen LogP contribution in [-0.4, -0.2) is 13.2 Å². The number of rotatable bonds is 6. The summed E-state index contributed by atoms with van der Waals surface area (Å²) in [6.45, 7) is 6.75. The van der Waals surface area contributed by atoms with E-state index in [1.165, 1.54) is 12.8 Å². The van der Waals surface area contributed by atoms with Gasteiger partial charge in [-0.15, -0.1) is 0 Å². The van der Waals surface area contributed by atoms with Gasteiger partial charge >= 0.3 is 0 Å². The Morgan fingerprint density at radius 1 is 1.19 bits per heavy atom. The molecule has 0 radical (unpaired) electrons. The Labute approximate surface area is 99.0 Å². The van der Waals surface area contributed by atoms with Crippen LogP contribution in [0.15, 0.2) is 24.3 Å². The molecule has 1 rings (SSSR count). The highest BCUT2D eigenvalue weighted by Crippen LogP contribution is 2.18. The van der Waals surface area contributed by atoms with Crippen LogP contribution in [0.25, 0.3) is 0 Å². The summed E-state index contributed by atoms with van der Waals surface area (Å²) < 4.78 is 5.19. The maximum absolute atomic E-state index is 5.19. The highest BCUT2D eigenvalue weighted by Gasteiger charge is 2.04. The molecule has 0 saturated heterocycles. The summed E-state index contributed by atoms with van der Waals surface area (Å²) in [4.78, 5) is 0. The number of nitrogens with one attached hydrogen (secondary N) is 1. The number of benzene rings is 1. The minimum absolute atomic E-state index is 0.509. The van der Waals surface area contributed by atoms with E-state index in [1.807, 2.05) is 18.2 Å². The van der Waals surface area contributed by atoms with Gasteiger partial charge in [-0.1, -0.05) is 19.9 Å². The molecule has 0 fully saturated rings. The number of ether oxygens (including phenoxy) is 1. The topological polar surface area (TPSA) is 21.3 Å². The maximum Gasteiger partial charge on any atom is 0.120 e. The van der Waals surface area contributed by atoms with Gasteiger partial charge in [-0.3, -0.25) is 0 Å². The lowest BCUT2D eigenvalue weighted by Gasteiger charge is -2.16. The van der Waals surface area contributed by atoms with E-state index in [0.717, 1.165) is 17.4 Å². The van der Waals surface area contributed by atoms with Crippen LogP contribution >= 0.6 is 0 Å². The predicted octanol–water partition coefficient (Wildman–Crippen LogP) is 3.93. The van der Waals surface area contributed by atoms with E-state index in [4.69, 9.17) is 4.74 Å². The lowest BCUT2D eigenvalue weighted by atomic mass is 10.0. The fourth-order valence-electron chi connectivity index (χ4n) is 1.65. The normalized spacial score (nSPS) is 12.6. The Balaban J connectivity index is 2.45. The van der Waals surface area contributed by atoms with E-state index >= 15 is 0 Å². The van der Waals surface area contributed by atoms with Crippen molar-refractivity contribution in [3.05, 3.63) is 24.3 Å². The fraction of sp³-hybridized carbons (Fsp3) is 0.571. The Hall–Kier alpha value is -1.18. The summed E-state index contributed by atoms with van der Waals surface area (Å²) in [6, 6.07) is 8.59. The molecular formula is C14H23NO. The summed E-state index contributed by atoms with van der Waals surface area (Å²) in [5.74, 6) is 1.68. The Morgan fingerprint density at radius 2 is 1.94 bits per heavy atom. The van der Waals surface area contributed by atoms with Crippen LogP contribution < -0.4 is 10.1 Å². The second-order valence-corrected chi connectivity index (χ2v) is 4.75. The molecule has 2 nitrogen and oxygen atoms in total. The molecule has 0 amide bonds. The number of methoxy groups -OCH3 is 1. The van der Waals surface area contributed by atoms with Gasteiger partial charge in [-0.25, -0.2) is 0 Å². The zero-order chi connectivity index (χ0) is 12.0. The van der Waals surface area contributed by atoms with E-state index in [2.05, 4.69) is 32.2 Å². The van der Waals surface area contributed by atoms with Gasteiger partial charge in [-0.2, -0.15) is 0 Å². The molecule has 0 heterocycles. The highest BCUT2D eigenvalue weighted by atomic mass is 16.5. The zero-order valence-corrected chi connectivity index (χ0v) is 10.8. The van der Waals surface area contributed by atoms with Crippen LogP contribution in [0.4, 0.5) is 5.69 Å². The van der Waals surface area contributed by atoms with E-state index in [1.54, 1.807) is 7.11 Å². The fourth-order valence-corrected chi connectivity index (χ4v) is 1.65. The SMILES string of the molecule is COc1cccc(N[C@H](C)CCC(C)C)c1. The first-order valence-electron chi connectivity index (χ1n) is 6.02. The van der Waals surface area contributed by atoms with Gasteiger partial charge in [0.2, 0.25) is 0 Å². The van der Waals surface area contributed by atoms with Crippen molar-refractivity contribution in [2.24, 2.45) is 5.92 Å². The Bertz CT molecular complexity index is 309. The van der Waals surface area contributed by atoms with Crippen LogP contribution in [0, 0.1) is 5.92 Å². The van der Waals surface area contributed by atoms with Gasteiger partial charge < -0.3 is 10.1 Å². The minimum atomic E-state index is 0.509. The van der Waals surface area contributed by atoms with Crippen molar-refractivity contribution in [2.75, 3.05) is 12.4 Å². The van der Waals surface area contributed by atoms with Crippen LogP contribution in [0.5, 0.6) is 5.75 Å². The van der Waals surface area contributed by atoms with E-state index in [-0.39, 0.29) is 0 Å². The largest absolute Gasteiger partial charge is 0.497 e. The average molecular weight is 221 g/mol. The molecular weight excluding hydrogens is 198 g/mol. The van der Waals surface area contributed by atoms with Crippen molar-refractivity contribution in [3.8, 4) is 5.75 Å². The summed E-state index contributed by atoms with van der Waals surface area (Å²) in [5.41, 5.74) is 1.13. The first kappa shape index (κ1) is 12.9. The smallest absolute Gasteiger partial charge is 0.120 e. The van der Waals surface area contributed by atoms with Gasteiger partial charge in [0, 0.05) is 17.8 Å². The molecule has 16 heavy (non-hydrogen) atoms. The van der Waals surface area contributed by atoms with Gasteiger partial charge in [0.05, 0.1) is 7.11 Å². The summed E-state index contributed by atoms with van der Waals surface area (Å²) >= 11 is 0. The first-order valence-corrected chi connectivity index (χ1v) is 6.02.